The Morgan fingerprint density at radius 3 is 2.83 bits per heavy atom. The highest BCUT2D eigenvalue weighted by atomic mass is 32.2. The molecule has 1 fully saturated rings. The molecule has 0 saturated carbocycles. The van der Waals surface area contributed by atoms with Crippen LogP contribution in [0.1, 0.15) is 49.1 Å². The summed E-state index contributed by atoms with van der Waals surface area (Å²) in [4.78, 5) is 23.9. The molecule has 1 unspecified atom stereocenters. The highest BCUT2D eigenvalue weighted by molar-refractivity contribution is 8.16. The van der Waals surface area contributed by atoms with Crippen LogP contribution in [-0.4, -0.2) is 38.3 Å². The molecule has 1 aliphatic carbocycles. The lowest BCUT2D eigenvalue weighted by Crippen LogP contribution is -2.47. The third-order valence-electron chi connectivity index (χ3n) is 6.87. The third-order valence-corrected chi connectivity index (χ3v) is 8.00. The largest absolute Gasteiger partial charge is 0.378 e. The summed E-state index contributed by atoms with van der Waals surface area (Å²) in [6.45, 7) is 4.45. The molecule has 0 radical (unpaired) electrons. The van der Waals surface area contributed by atoms with Crippen LogP contribution in [0.3, 0.4) is 0 Å². The number of hydrogen-bond donors (Lipinski definition) is 1. The number of carbonyl (C=O) groups excluding carboxylic acids is 1. The van der Waals surface area contributed by atoms with E-state index in [0.29, 0.717) is 23.2 Å². The second-order valence-corrected chi connectivity index (χ2v) is 10.4. The average Bonchev–Trinajstić information content (AvgIpc) is 3.45. The van der Waals surface area contributed by atoms with Crippen molar-refractivity contribution in [1.82, 2.24) is 9.88 Å². The number of likely N-dealkylation sites (tertiary alicyclic amines) is 1. The summed E-state index contributed by atoms with van der Waals surface area (Å²) in [6, 6.07) is 9.21. The zero-order chi connectivity index (χ0) is 25.0. The molecule has 1 amide bonds. The van der Waals surface area contributed by atoms with E-state index >= 15 is 4.39 Å². The molecule has 3 aliphatic rings. The Labute approximate surface area is 206 Å². The minimum absolute atomic E-state index is 0.0408. The predicted octanol–water partition coefficient (Wildman–Crippen LogP) is 4.53. The van der Waals surface area contributed by atoms with Crippen LogP contribution in [0.2, 0.25) is 0 Å². The van der Waals surface area contributed by atoms with Crippen LogP contribution in [0, 0.1) is 17.1 Å². The van der Waals surface area contributed by atoms with E-state index in [9.17, 15) is 9.18 Å². The van der Waals surface area contributed by atoms with E-state index in [4.69, 9.17) is 11.0 Å². The molecule has 3 atom stereocenters. The van der Waals surface area contributed by atoms with Gasteiger partial charge in [-0.15, -0.1) is 0 Å². The zero-order valence-corrected chi connectivity index (χ0v) is 20.1. The Morgan fingerprint density at radius 1 is 1.37 bits per heavy atom. The van der Waals surface area contributed by atoms with Crippen molar-refractivity contribution < 1.29 is 13.6 Å². The number of carbonyl (C=O) groups is 1. The number of pyridine rings is 1. The van der Waals surface area contributed by atoms with Gasteiger partial charge in [0.25, 0.3) is 0 Å². The number of nitriles is 1. The van der Waals surface area contributed by atoms with Crippen molar-refractivity contribution in [3.63, 3.8) is 0 Å². The number of rotatable bonds is 4. The fraction of sp³-hybridized carbons (Fsp3) is 0.308. The Kier molecular flexibility index (Phi) is 5.52. The first-order valence-electron chi connectivity index (χ1n) is 11.3. The maximum absolute atomic E-state index is 15.2. The molecule has 2 N–H and O–H groups in total. The summed E-state index contributed by atoms with van der Waals surface area (Å²) in [5, 5.41) is 9.10. The lowest BCUT2D eigenvalue weighted by Gasteiger charge is -2.36. The Balaban J connectivity index is 1.49. The zero-order valence-electron chi connectivity index (χ0n) is 19.3. The van der Waals surface area contributed by atoms with Gasteiger partial charge in [0.15, 0.2) is 5.17 Å². The van der Waals surface area contributed by atoms with Crippen molar-refractivity contribution in [3.05, 3.63) is 76.4 Å². The Bertz CT molecular complexity index is 1360. The van der Waals surface area contributed by atoms with Gasteiger partial charge in [-0.1, -0.05) is 23.9 Å². The maximum atomic E-state index is 15.2. The molecular formula is C26H23F2N5OS. The van der Waals surface area contributed by atoms with E-state index < -0.39 is 21.9 Å². The van der Waals surface area contributed by atoms with Gasteiger partial charge in [-0.2, -0.15) is 5.26 Å². The van der Waals surface area contributed by atoms with Crippen molar-refractivity contribution in [2.75, 3.05) is 6.54 Å². The number of nitrogens with zero attached hydrogens (tertiary/aromatic N) is 4. The summed E-state index contributed by atoms with van der Waals surface area (Å²) in [7, 11) is 0. The highest BCUT2D eigenvalue weighted by Crippen LogP contribution is 2.61. The fourth-order valence-electron chi connectivity index (χ4n) is 4.92. The topological polar surface area (TPSA) is 95.4 Å². The molecule has 9 heteroatoms. The number of aromatic nitrogens is 1. The van der Waals surface area contributed by atoms with Gasteiger partial charge in [-0.25, -0.2) is 13.8 Å². The van der Waals surface area contributed by atoms with E-state index in [1.54, 1.807) is 6.92 Å². The normalized spacial score (nSPS) is 27.6. The monoisotopic (exact) mass is 491 g/mol. The standard InChI is InChI=1S/C26H23F2N5OS/c1-15-4-3-9-33(15)23(34)26-12-22(26)25(2,32-24(30)35-26)18-10-16(5-7-19(18)27)11-20(28)21-8-6-17(13-29)14-31-21/h5-8,10-12,14-15H,3-4,9H2,1-2H3,(H2,30,32)/b20-11-/t15?,25-,26+/m1/s1. The number of amides is 1. The number of aliphatic imine (C=N–C) groups is 1. The first-order chi connectivity index (χ1) is 16.7. The van der Waals surface area contributed by atoms with Crippen molar-refractivity contribution in [2.45, 2.75) is 43.0 Å². The molecule has 0 spiro atoms. The van der Waals surface area contributed by atoms with E-state index in [1.807, 2.05) is 24.0 Å². The Hall–Kier alpha value is -3.51. The maximum Gasteiger partial charge on any atom is 0.247 e. The van der Waals surface area contributed by atoms with Gasteiger partial charge in [0.05, 0.1) is 11.3 Å². The molecule has 35 heavy (non-hydrogen) atoms. The van der Waals surface area contributed by atoms with Crippen molar-refractivity contribution in [3.8, 4) is 6.07 Å². The fourth-order valence-corrected chi connectivity index (χ4v) is 6.17. The molecule has 2 aliphatic heterocycles. The molecule has 3 heterocycles. The van der Waals surface area contributed by atoms with Gasteiger partial charge in [-0.3, -0.25) is 9.78 Å². The van der Waals surface area contributed by atoms with Crippen LogP contribution in [-0.2, 0) is 10.3 Å². The van der Waals surface area contributed by atoms with Crippen LogP contribution in [0.5, 0.6) is 0 Å². The molecule has 0 bridgehead atoms. The quantitative estimate of drug-likeness (QED) is 0.635. The second kappa shape index (κ2) is 8.31. The van der Waals surface area contributed by atoms with Gasteiger partial charge in [0, 0.05) is 24.3 Å². The number of thioether (sulfide) groups is 1. The summed E-state index contributed by atoms with van der Waals surface area (Å²) < 4.78 is 29.1. The first kappa shape index (κ1) is 23.2. The molecule has 2 aromatic rings. The van der Waals surface area contributed by atoms with E-state index in [-0.39, 0.29) is 28.4 Å². The molecule has 5 rings (SSSR count). The van der Waals surface area contributed by atoms with E-state index in [1.165, 1.54) is 54.4 Å². The molecule has 1 saturated heterocycles. The Morgan fingerprint density at radius 2 is 2.17 bits per heavy atom. The number of nitrogens with two attached hydrogens (primary N) is 1. The van der Waals surface area contributed by atoms with Crippen molar-refractivity contribution >= 4 is 34.7 Å². The number of hydrogen-bond acceptors (Lipinski definition) is 6. The van der Waals surface area contributed by atoms with Crippen LogP contribution in [0.25, 0.3) is 11.9 Å². The van der Waals surface area contributed by atoms with Crippen LogP contribution < -0.4 is 5.73 Å². The van der Waals surface area contributed by atoms with Gasteiger partial charge in [0.2, 0.25) is 5.91 Å². The third kappa shape index (κ3) is 3.82. The number of benzene rings is 1. The smallest absolute Gasteiger partial charge is 0.247 e. The minimum atomic E-state index is -1.19. The number of halogens is 2. The minimum Gasteiger partial charge on any atom is -0.378 e. The highest BCUT2D eigenvalue weighted by Gasteiger charge is 2.64. The number of fused-ring (bicyclic) bond motifs is 1. The molecule has 1 aromatic heterocycles. The predicted molar refractivity (Wildman–Crippen MR) is 132 cm³/mol. The van der Waals surface area contributed by atoms with E-state index in [2.05, 4.69) is 9.98 Å². The summed E-state index contributed by atoms with van der Waals surface area (Å²) in [5.41, 5.74) is 6.68. The molecular weight excluding hydrogens is 468 g/mol. The van der Waals surface area contributed by atoms with Gasteiger partial charge >= 0.3 is 0 Å². The number of amidine groups is 1. The summed E-state index contributed by atoms with van der Waals surface area (Å²) in [5.74, 6) is -1.19. The van der Waals surface area contributed by atoms with Gasteiger partial charge < -0.3 is 10.6 Å². The van der Waals surface area contributed by atoms with Crippen LogP contribution >= 0.6 is 11.8 Å². The van der Waals surface area contributed by atoms with Gasteiger partial charge in [-0.05, 0) is 68.2 Å². The SMILES string of the molecule is CC1CCCN1C(=O)[C@]12C=C1[C@@](C)(c1cc(/C=C(\F)c3ccc(C#N)cn3)ccc1F)N=C(N)S2. The lowest BCUT2D eigenvalue weighted by molar-refractivity contribution is -0.131. The van der Waals surface area contributed by atoms with Crippen LogP contribution in [0.4, 0.5) is 8.78 Å². The second-order valence-electron chi connectivity index (χ2n) is 9.18. The summed E-state index contributed by atoms with van der Waals surface area (Å²) in [6.07, 6.45) is 6.26. The lowest BCUT2D eigenvalue weighted by atomic mass is 9.85. The molecule has 178 valence electrons. The molecule has 1 aromatic carbocycles. The average molecular weight is 492 g/mol. The van der Waals surface area contributed by atoms with Crippen LogP contribution in [0.15, 0.2) is 53.2 Å². The summed E-state index contributed by atoms with van der Waals surface area (Å²) >= 11 is 1.20. The molecule has 6 nitrogen and oxygen atoms in total. The van der Waals surface area contributed by atoms with E-state index in [0.717, 1.165) is 12.8 Å². The van der Waals surface area contributed by atoms with Gasteiger partial charge in [0.1, 0.15) is 28.0 Å². The van der Waals surface area contributed by atoms with Crippen molar-refractivity contribution in [2.24, 2.45) is 10.7 Å². The first-order valence-corrected chi connectivity index (χ1v) is 12.1. The van der Waals surface area contributed by atoms with Crippen molar-refractivity contribution in [1.29, 1.82) is 5.26 Å².